The Labute approximate surface area is 386 Å². The quantitative estimate of drug-likeness (QED) is 0.0715. The normalized spacial score (nSPS) is 17.5. The van der Waals surface area contributed by atoms with E-state index in [4.69, 9.17) is 19.4 Å². The molecule has 10 heteroatoms. The van der Waals surface area contributed by atoms with Crippen LogP contribution in [0.1, 0.15) is 195 Å². The Morgan fingerprint density at radius 2 is 1.54 bits per heavy atom. The van der Waals surface area contributed by atoms with Gasteiger partial charge < -0.3 is 24.5 Å². The van der Waals surface area contributed by atoms with Crippen LogP contribution in [0.15, 0.2) is 42.5 Å². The topological polar surface area (TPSA) is 150 Å². The van der Waals surface area contributed by atoms with Gasteiger partial charge in [-0.05, 0) is 111 Å². The Morgan fingerprint density at radius 1 is 0.877 bits per heavy atom. The molecule has 2 aromatic rings. The molecule has 1 aliphatic carbocycles. The van der Waals surface area contributed by atoms with E-state index in [1.54, 1.807) is 6.08 Å². The first-order valence-corrected chi connectivity index (χ1v) is 24.0. The van der Waals surface area contributed by atoms with Gasteiger partial charge in [0.05, 0.1) is 41.0 Å². The van der Waals surface area contributed by atoms with Crippen molar-refractivity contribution in [2.45, 2.75) is 151 Å². The van der Waals surface area contributed by atoms with Gasteiger partial charge in [0.2, 0.25) is 0 Å². The van der Waals surface area contributed by atoms with Gasteiger partial charge in [-0.3, -0.25) is 9.59 Å². The van der Waals surface area contributed by atoms with Crippen molar-refractivity contribution in [1.82, 2.24) is 19.9 Å². The lowest BCUT2D eigenvalue weighted by atomic mass is 9.85. The monoisotopic (exact) mass is 884 g/mol. The van der Waals surface area contributed by atoms with Crippen LogP contribution in [0.4, 0.5) is 0 Å². The number of carbonyl (C=O) groups excluding carboxylic acids is 3. The number of aromatic amines is 2. The number of allylic oxidation sites excluding steroid dienone is 6. The summed E-state index contributed by atoms with van der Waals surface area (Å²) in [6.45, 7) is 23.7. The second kappa shape index (κ2) is 21.7. The number of carbonyl (C=O) groups is 3. The van der Waals surface area contributed by atoms with Crippen LogP contribution in [-0.4, -0.2) is 51.9 Å². The highest BCUT2D eigenvalue weighted by Crippen LogP contribution is 2.49. The molecule has 65 heavy (non-hydrogen) atoms. The van der Waals surface area contributed by atoms with Crippen molar-refractivity contribution < 1.29 is 29.0 Å². The number of hydrogen-bond acceptors (Lipinski definition) is 8. The molecule has 0 saturated carbocycles. The summed E-state index contributed by atoms with van der Waals surface area (Å²) in [5.41, 5.74) is 10.6. The van der Waals surface area contributed by atoms with Gasteiger partial charge in [0.25, 0.3) is 0 Å². The predicted octanol–water partition coefficient (Wildman–Crippen LogP) is 12.3. The highest BCUT2D eigenvalue weighted by atomic mass is 16.5. The molecule has 10 nitrogen and oxygen atoms in total. The van der Waals surface area contributed by atoms with Gasteiger partial charge in [-0.25, -0.2) is 14.8 Å². The maximum atomic E-state index is 14.4. The molecule has 0 saturated heterocycles. The fourth-order valence-electron chi connectivity index (χ4n) is 10.0. The number of hydrogen-bond donors (Lipinski definition) is 2. The SMILES string of the molecule is C=CC1=C(C)c2cc3[nH]c(c4c5[nH]c(cc6nc(cc1n2)C(C=O)=C6CC)c(C)c5C([O-])=C4C(=O)OC)[C@@H](CCC(=O)OC/C=C(\C)CCC[C@H](C)CCC[C@H](C)CCCC(C)C)[C@@H]3C. The maximum absolute atomic E-state index is 14.4. The first kappa shape index (κ1) is 48.9. The molecule has 8 bridgehead atoms. The highest BCUT2D eigenvalue weighted by Gasteiger charge is 2.37. The Morgan fingerprint density at radius 3 is 2.18 bits per heavy atom. The second-order valence-electron chi connectivity index (χ2n) is 19.3. The number of aryl methyl sites for hydroxylation is 1. The van der Waals surface area contributed by atoms with Crippen LogP contribution in [-0.2, 0) is 23.9 Å². The van der Waals surface area contributed by atoms with Crippen molar-refractivity contribution in [2.24, 2.45) is 17.8 Å². The zero-order valence-electron chi connectivity index (χ0n) is 40.6. The van der Waals surface area contributed by atoms with Gasteiger partial charge in [0, 0.05) is 51.9 Å². The molecule has 0 fully saturated rings. The van der Waals surface area contributed by atoms with E-state index in [1.165, 1.54) is 57.6 Å². The summed E-state index contributed by atoms with van der Waals surface area (Å²) in [5, 5.41) is 14.4. The molecule has 0 aromatic carbocycles. The van der Waals surface area contributed by atoms with E-state index in [-0.39, 0.29) is 36.4 Å². The van der Waals surface area contributed by atoms with Gasteiger partial charge in [-0.1, -0.05) is 110 Å². The molecule has 0 amide bonds. The number of aldehydes is 1. The van der Waals surface area contributed by atoms with E-state index in [2.05, 4.69) is 58.1 Å². The number of ether oxygens (including phenoxy) is 2. The number of methoxy groups -OCH3 is 1. The zero-order chi connectivity index (χ0) is 47.1. The van der Waals surface area contributed by atoms with Gasteiger partial charge in [-0.2, -0.15) is 0 Å². The lowest BCUT2D eigenvalue weighted by Gasteiger charge is -2.19. The number of nitrogens with zero attached hydrogens (tertiary/aromatic N) is 2. The van der Waals surface area contributed by atoms with Gasteiger partial charge >= 0.3 is 11.9 Å². The Kier molecular flexibility index (Phi) is 16.3. The molecular weight excluding hydrogens is 813 g/mol. The fraction of sp³-hybridized carbons (Fsp3) is 0.509. The first-order valence-electron chi connectivity index (χ1n) is 24.0. The van der Waals surface area contributed by atoms with Gasteiger partial charge in [-0.15, -0.1) is 0 Å². The van der Waals surface area contributed by atoms with E-state index in [1.807, 2.05) is 45.0 Å². The summed E-state index contributed by atoms with van der Waals surface area (Å²) >= 11 is 0. The van der Waals surface area contributed by atoms with Crippen LogP contribution >= 0.6 is 0 Å². The van der Waals surface area contributed by atoms with E-state index in [0.29, 0.717) is 80.5 Å². The molecule has 0 unspecified atom stereocenters. The molecular formula is C55H71N4O6-. The Hall–Kier alpha value is -5.51. The average Bonchev–Trinajstić information content (AvgIpc) is 4.02. The predicted molar refractivity (Wildman–Crippen MR) is 262 cm³/mol. The van der Waals surface area contributed by atoms with Crippen molar-refractivity contribution in [1.29, 1.82) is 0 Å². The minimum atomic E-state index is -0.740. The number of aromatic nitrogens is 4. The summed E-state index contributed by atoms with van der Waals surface area (Å²) in [5.74, 6) is 0.341. The molecule has 0 radical (unpaired) electrons. The molecule has 2 N–H and O–H groups in total. The maximum Gasteiger partial charge on any atom is 0.337 e. The lowest BCUT2D eigenvalue weighted by Crippen LogP contribution is -2.13. The lowest BCUT2D eigenvalue weighted by molar-refractivity contribution is -0.242. The summed E-state index contributed by atoms with van der Waals surface area (Å²) in [7, 11) is 1.27. The van der Waals surface area contributed by atoms with Crippen LogP contribution in [0.2, 0.25) is 0 Å². The van der Waals surface area contributed by atoms with Crippen LogP contribution in [0.25, 0.3) is 44.7 Å². The van der Waals surface area contributed by atoms with Crippen molar-refractivity contribution in [3.63, 3.8) is 0 Å². The Bertz CT molecular complexity index is 2510. The molecule has 348 valence electrons. The van der Waals surface area contributed by atoms with Crippen LogP contribution in [0, 0.1) is 24.7 Å². The molecule has 5 heterocycles. The third-order valence-electron chi connectivity index (χ3n) is 14.1. The minimum absolute atomic E-state index is 0.0650. The number of esters is 2. The van der Waals surface area contributed by atoms with Gasteiger partial charge in [0.1, 0.15) is 6.61 Å². The van der Waals surface area contributed by atoms with Crippen LogP contribution in [0.5, 0.6) is 0 Å². The van der Waals surface area contributed by atoms with E-state index in [0.717, 1.165) is 53.4 Å². The zero-order valence-corrected chi connectivity index (χ0v) is 40.6. The average molecular weight is 884 g/mol. The summed E-state index contributed by atoms with van der Waals surface area (Å²) in [4.78, 5) is 56.6. The number of fused-ring (bicyclic) bond motifs is 8. The van der Waals surface area contributed by atoms with Crippen molar-refractivity contribution in [2.75, 3.05) is 13.7 Å². The number of H-pyrrole nitrogens is 2. The molecule has 0 spiro atoms. The van der Waals surface area contributed by atoms with E-state index >= 15 is 0 Å². The molecule has 2 aromatic heterocycles. The Balaban J connectivity index is 1.25. The van der Waals surface area contributed by atoms with Crippen molar-refractivity contribution >= 4 is 62.9 Å². The minimum Gasteiger partial charge on any atom is -0.871 e. The summed E-state index contributed by atoms with van der Waals surface area (Å²) in [6.07, 6.45) is 16.9. The smallest absolute Gasteiger partial charge is 0.337 e. The largest absolute Gasteiger partial charge is 0.871 e. The van der Waals surface area contributed by atoms with Gasteiger partial charge in [0.15, 0.2) is 6.29 Å². The van der Waals surface area contributed by atoms with E-state index in [9.17, 15) is 19.5 Å². The second-order valence-corrected chi connectivity index (χ2v) is 19.3. The van der Waals surface area contributed by atoms with Crippen molar-refractivity contribution in [3.8, 4) is 0 Å². The van der Waals surface area contributed by atoms with Crippen LogP contribution in [0.3, 0.4) is 0 Å². The number of rotatable bonds is 21. The van der Waals surface area contributed by atoms with Crippen LogP contribution < -0.4 is 5.11 Å². The molecule has 4 aliphatic rings. The molecule has 6 rings (SSSR count). The van der Waals surface area contributed by atoms with E-state index < -0.39 is 11.7 Å². The molecule has 4 atom stereocenters. The van der Waals surface area contributed by atoms with Crippen molar-refractivity contribution in [3.05, 3.63) is 93.4 Å². The first-order chi connectivity index (χ1) is 31.1. The highest BCUT2D eigenvalue weighted by molar-refractivity contribution is 6.30. The third kappa shape index (κ3) is 10.8. The standard InChI is InChI=1S/C55H72N4O6/c1-12-38-35(8)42-27-43-36(9)40(23-24-48(61)65-26-25-34(7)22-16-21-33(6)20-15-19-32(5)18-14-17-31(3)4)52(58-43)50-51(55(63)64-11)54(62)49-37(10)44(59-53(49)50)28-46-39(13-2)41(30-60)47(57-46)29-45(38)56-42/h12,25,27-33,36,40,58-59,62H,1,13-24,26H2,2-11H3/p-1/b34-25+,43-27?,45-29?,46-28?,52-50?/t32-,33-,36+,40+/m1/s1. The third-order valence-corrected chi connectivity index (χ3v) is 14.1. The molecule has 3 aliphatic heterocycles. The number of nitrogens with one attached hydrogen (secondary N) is 2. The fourth-order valence-corrected chi connectivity index (χ4v) is 10.0. The summed E-state index contributed by atoms with van der Waals surface area (Å²) in [6, 6.07) is 5.68. The summed E-state index contributed by atoms with van der Waals surface area (Å²) < 4.78 is 11.0.